The van der Waals surface area contributed by atoms with E-state index in [-0.39, 0.29) is 24.3 Å². The van der Waals surface area contributed by atoms with Crippen LogP contribution in [0.15, 0.2) is 70.7 Å². The topological polar surface area (TPSA) is 74.7 Å². The van der Waals surface area contributed by atoms with Crippen LogP contribution in [-0.4, -0.2) is 43.1 Å². The summed E-state index contributed by atoms with van der Waals surface area (Å²) in [6.07, 6.45) is 16.0. The standard InChI is InChI=1S/C25H32FNO4S/c1-3-19(12-11-18(2)16-26)20-7-6-8-22(15-20)32(30,31)27-17-21(13-14-25(28)29)23-9-4-5-10-24(23)27/h3-5,8-9,11,15,19,21,24H,1,6-7,10,12-14,16-17H2,2H3,(H,28,29)/b18-11-. The second-order valence-electron chi connectivity index (χ2n) is 8.68. The minimum Gasteiger partial charge on any atom is -0.481 e. The number of carboxylic acid groups (broad SMARTS) is 1. The van der Waals surface area contributed by atoms with Gasteiger partial charge in [-0.25, -0.2) is 12.8 Å². The smallest absolute Gasteiger partial charge is 0.303 e. The zero-order valence-electron chi connectivity index (χ0n) is 18.5. The van der Waals surface area contributed by atoms with E-state index in [0.29, 0.717) is 42.7 Å². The Balaban J connectivity index is 1.84. The van der Waals surface area contributed by atoms with Crippen LogP contribution in [0.3, 0.4) is 0 Å². The highest BCUT2D eigenvalue weighted by Gasteiger charge is 2.44. The van der Waals surface area contributed by atoms with Crippen LogP contribution in [0.2, 0.25) is 0 Å². The summed E-state index contributed by atoms with van der Waals surface area (Å²) >= 11 is 0. The Morgan fingerprint density at radius 1 is 1.44 bits per heavy atom. The maximum Gasteiger partial charge on any atom is 0.303 e. The van der Waals surface area contributed by atoms with E-state index in [9.17, 15) is 17.6 Å². The second-order valence-corrected chi connectivity index (χ2v) is 10.6. The summed E-state index contributed by atoms with van der Waals surface area (Å²) in [5.74, 6) is -0.992. The van der Waals surface area contributed by atoms with Crippen LogP contribution in [0.1, 0.15) is 45.4 Å². The van der Waals surface area contributed by atoms with Crippen molar-refractivity contribution in [1.29, 1.82) is 0 Å². The molecule has 1 aliphatic heterocycles. The molecular weight excluding hydrogens is 429 g/mol. The van der Waals surface area contributed by atoms with Crippen molar-refractivity contribution in [2.45, 2.75) is 51.5 Å². The molecule has 32 heavy (non-hydrogen) atoms. The summed E-state index contributed by atoms with van der Waals surface area (Å²) in [4.78, 5) is 11.4. The summed E-state index contributed by atoms with van der Waals surface area (Å²) in [5.41, 5.74) is 2.66. The molecule has 0 aromatic rings. The van der Waals surface area contributed by atoms with Crippen LogP contribution in [-0.2, 0) is 14.8 Å². The van der Waals surface area contributed by atoms with E-state index in [4.69, 9.17) is 5.11 Å². The molecule has 0 aromatic heterocycles. The first-order chi connectivity index (χ1) is 15.3. The van der Waals surface area contributed by atoms with Crippen molar-refractivity contribution in [2.24, 2.45) is 11.8 Å². The Morgan fingerprint density at radius 3 is 2.91 bits per heavy atom. The maximum atomic E-state index is 13.7. The van der Waals surface area contributed by atoms with Crippen LogP contribution in [0.4, 0.5) is 4.39 Å². The minimum absolute atomic E-state index is 0.0197. The third kappa shape index (κ3) is 5.38. The number of rotatable bonds is 10. The maximum absolute atomic E-state index is 13.7. The lowest BCUT2D eigenvalue weighted by molar-refractivity contribution is -0.137. The number of alkyl halides is 1. The van der Waals surface area contributed by atoms with Crippen LogP contribution < -0.4 is 0 Å². The lowest BCUT2D eigenvalue weighted by Crippen LogP contribution is -2.37. The molecule has 1 fully saturated rings. The lowest BCUT2D eigenvalue weighted by atomic mass is 9.89. The number of hydrogen-bond donors (Lipinski definition) is 1. The first kappa shape index (κ1) is 24.4. The number of sulfonamides is 1. The molecule has 7 heteroatoms. The van der Waals surface area contributed by atoms with Gasteiger partial charge in [-0.15, -0.1) is 6.58 Å². The molecule has 1 saturated heterocycles. The van der Waals surface area contributed by atoms with Gasteiger partial charge in [-0.05, 0) is 62.2 Å². The average molecular weight is 462 g/mol. The SMILES string of the molecule is C=CC(C/C=C(/C)CF)C1=CC(S(=O)(=O)N2CC(CCC(=O)O)C3=CC=CCC32)=CCC1. The van der Waals surface area contributed by atoms with E-state index in [1.807, 2.05) is 24.3 Å². The zero-order valence-corrected chi connectivity index (χ0v) is 19.4. The van der Waals surface area contributed by atoms with Gasteiger partial charge in [-0.3, -0.25) is 4.79 Å². The Morgan fingerprint density at radius 2 is 2.22 bits per heavy atom. The molecule has 0 aromatic carbocycles. The van der Waals surface area contributed by atoms with Crippen molar-refractivity contribution < 1.29 is 22.7 Å². The summed E-state index contributed by atoms with van der Waals surface area (Å²) in [6, 6.07) is -0.256. The molecule has 3 unspecified atom stereocenters. The van der Waals surface area contributed by atoms with Crippen LogP contribution in [0.5, 0.6) is 0 Å². The fraction of sp³-hybridized carbons (Fsp3) is 0.480. The van der Waals surface area contributed by atoms with E-state index >= 15 is 0 Å². The van der Waals surface area contributed by atoms with Crippen LogP contribution in [0, 0.1) is 11.8 Å². The number of fused-ring (bicyclic) bond motifs is 1. The quantitative estimate of drug-likeness (QED) is 0.461. The van der Waals surface area contributed by atoms with Crippen molar-refractivity contribution in [3.8, 4) is 0 Å². The van der Waals surface area contributed by atoms with E-state index in [1.54, 1.807) is 29.5 Å². The summed E-state index contributed by atoms with van der Waals surface area (Å²) in [7, 11) is -3.73. The van der Waals surface area contributed by atoms with Gasteiger partial charge < -0.3 is 5.11 Å². The van der Waals surface area contributed by atoms with Crippen LogP contribution >= 0.6 is 0 Å². The van der Waals surface area contributed by atoms with E-state index in [0.717, 1.165) is 17.6 Å². The molecule has 0 radical (unpaired) electrons. The van der Waals surface area contributed by atoms with Gasteiger partial charge in [0.15, 0.2) is 0 Å². The van der Waals surface area contributed by atoms with Gasteiger partial charge in [0.05, 0.1) is 10.9 Å². The van der Waals surface area contributed by atoms with Crippen molar-refractivity contribution >= 4 is 16.0 Å². The molecule has 3 atom stereocenters. The van der Waals surface area contributed by atoms with Crippen molar-refractivity contribution in [2.75, 3.05) is 13.2 Å². The van der Waals surface area contributed by atoms with Gasteiger partial charge in [0.25, 0.3) is 0 Å². The van der Waals surface area contributed by atoms with E-state index in [2.05, 4.69) is 6.58 Å². The Hall–Kier alpha value is -2.25. The Labute approximate surface area is 190 Å². The van der Waals surface area contributed by atoms with Crippen molar-refractivity contribution in [3.05, 3.63) is 70.7 Å². The molecule has 0 bridgehead atoms. The second kappa shape index (κ2) is 10.6. The number of nitrogens with zero attached hydrogens (tertiary/aromatic N) is 1. The predicted octanol–water partition coefficient (Wildman–Crippen LogP) is 5.08. The van der Waals surface area contributed by atoms with Gasteiger partial charge in [-0.1, -0.05) is 42.0 Å². The van der Waals surface area contributed by atoms with Gasteiger partial charge in [0.2, 0.25) is 10.0 Å². The highest BCUT2D eigenvalue weighted by molar-refractivity contribution is 7.93. The number of halogens is 1. The molecule has 2 aliphatic carbocycles. The average Bonchev–Trinajstić information content (AvgIpc) is 3.17. The monoisotopic (exact) mass is 461 g/mol. The largest absolute Gasteiger partial charge is 0.481 e. The van der Waals surface area contributed by atoms with Crippen molar-refractivity contribution in [3.63, 3.8) is 0 Å². The van der Waals surface area contributed by atoms with Gasteiger partial charge in [0, 0.05) is 18.9 Å². The minimum atomic E-state index is -3.73. The van der Waals surface area contributed by atoms with Gasteiger partial charge in [0.1, 0.15) is 6.67 Å². The Kier molecular flexibility index (Phi) is 8.06. The normalized spacial score (nSPS) is 24.9. The first-order valence-electron chi connectivity index (χ1n) is 11.1. The number of allylic oxidation sites excluding steroid dienone is 8. The fourth-order valence-corrected chi connectivity index (χ4v) is 6.50. The van der Waals surface area contributed by atoms with Crippen LogP contribution in [0.25, 0.3) is 0 Å². The highest BCUT2D eigenvalue weighted by Crippen LogP contribution is 2.41. The van der Waals surface area contributed by atoms with Gasteiger partial charge in [-0.2, -0.15) is 4.31 Å². The molecule has 1 heterocycles. The molecule has 5 nitrogen and oxygen atoms in total. The molecule has 3 aliphatic rings. The van der Waals surface area contributed by atoms with Crippen molar-refractivity contribution in [1.82, 2.24) is 4.31 Å². The Bertz CT molecular complexity index is 1000. The molecule has 174 valence electrons. The first-order valence-corrected chi connectivity index (χ1v) is 12.6. The third-order valence-corrected chi connectivity index (χ3v) is 8.40. The predicted molar refractivity (Wildman–Crippen MR) is 125 cm³/mol. The van der Waals surface area contributed by atoms with E-state index in [1.165, 1.54) is 0 Å². The molecule has 0 amide bonds. The molecular formula is C25H32FNO4S. The number of hydrogen-bond acceptors (Lipinski definition) is 3. The number of carboxylic acids is 1. The molecule has 0 spiro atoms. The third-order valence-electron chi connectivity index (χ3n) is 6.50. The molecule has 3 rings (SSSR count). The lowest BCUT2D eigenvalue weighted by Gasteiger charge is -2.27. The van der Waals surface area contributed by atoms with Gasteiger partial charge >= 0.3 is 5.97 Å². The zero-order chi connectivity index (χ0) is 23.3. The number of aliphatic carboxylic acids is 1. The highest BCUT2D eigenvalue weighted by atomic mass is 32.2. The summed E-state index contributed by atoms with van der Waals surface area (Å²) in [5, 5.41) is 9.08. The fourth-order valence-electron chi connectivity index (χ4n) is 4.68. The van der Waals surface area contributed by atoms with E-state index < -0.39 is 22.7 Å². The summed E-state index contributed by atoms with van der Waals surface area (Å²) < 4.78 is 41.7. The molecule has 1 N–H and O–H groups in total. The number of carbonyl (C=O) groups is 1. The molecule has 0 saturated carbocycles. The summed E-state index contributed by atoms with van der Waals surface area (Å²) in [6.45, 7) is 5.45.